The second-order valence-electron chi connectivity index (χ2n) is 4.93. The number of benzene rings is 1. The Bertz CT molecular complexity index is 457. The van der Waals surface area contributed by atoms with Crippen molar-refractivity contribution in [3.05, 3.63) is 29.6 Å². The first-order valence-electron chi connectivity index (χ1n) is 6.82. The van der Waals surface area contributed by atoms with Crippen LogP contribution < -0.4 is 4.74 Å². The summed E-state index contributed by atoms with van der Waals surface area (Å²) in [6.07, 6.45) is 4.06. The van der Waals surface area contributed by atoms with E-state index in [9.17, 15) is 9.18 Å². The molecular weight excluding hydrogens is 245 g/mol. The normalized spacial score (nSPS) is 14.3. The van der Waals surface area contributed by atoms with Gasteiger partial charge >= 0.3 is 0 Å². The topological polar surface area (TPSA) is 29.5 Å². The molecule has 0 radical (unpaired) electrons. The van der Waals surface area contributed by atoms with Crippen LogP contribution in [0, 0.1) is 5.82 Å². The van der Waals surface area contributed by atoms with Crippen LogP contribution in [0.4, 0.5) is 4.39 Å². The average Bonchev–Trinajstić information content (AvgIpc) is 3.23. The van der Waals surface area contributed by atoms with Crippen molar-refractivity contribution >= 4 is 5.91 Å². The number of unbranched alkanes of at least 4 members (excludes halogenated alkanes) is 1. The summed E-state index contributed by atoms with van der Waals surface area (Å²) in [7, 11) is 1.48. The summed E-state index contributed by atoms with van der Waals surface area (Å²) in [5, 5.41) is 0. The van der Waals surface area contributed by atoms with Crippen molar-refractivity contribution in [1.82, 2.24) is 4.90 Å². The SMILES string of the molecule is CCCCN(C(=O)c1ccc(OC)cc1F)C1CC1. The van der Waals surface area contributed by atoms with Gasteiger partial charge in [-0.2, -0.15) is 0 Å². The molecule has 1 amide bonds. The van der Waals surface area contributed by atoms with Crippen LogP contribution in [0.1, 0.15) is 43.0 Å². The maximum absolute atomic E-state index is 13.9. The van der Waals surface area contributed by atoms with Crippen LogP contribution in [0.2, 0.25) is 0 Å². The quantitative estimate of drug-likeness (QED) is 0.790. The first-order valence-corrected chi connectivity index (χ1v) is 6.82. The minimum atomic E-state index is -0.508. The van der Waals surface area contributed by atoms with Crippen LogP contribution >= 0.6 is 0 Å². The number of hydrogen-bond donors (Lipinski definition) is 0. The molecule has 0 aromatic heterocycles. The lowest BCUT2D eigenvalue weighted by Gasteiger charge is -2.22. The zero-order valence-electron chi connectivity index (χ0n) is 11.5. The second-order valence-corrected chi connectivity index (χ2v) is 4.93. The van der Waals surface area contributed by atoms with Gasteiger partial charge in [-0.1, -0.05) is 13.3 Å². The first-order chi connectivity index (χ1) is 9.17. The minimum Gasteiger partial charge on any atom is -0.497 e. The summed E-state index contributed by atoms with van der Waals surface area (Å²) in [5.41, 5.74) is 0.142. The second kappa shape index (κ2) is 6.04. The first kappa shape index (κ1) is 13.8. The number of hydrogen-bond acceptors (Lipinski definition) is 2. The molecule has 0 aliphatic heterocycles. The third kappa shape index (κ3) is 3.25. The van der Waals surface area contributed by atoms with Gasteiger partial charge in [-0.25, -0.2) is 4.39 Å². The number of rotatable bonds is 6. The molecule has 0 N–H and O–H groups in total. The summed E-state index contributed by atoms with van der Waals surface area (Å²) < 4.78 is 18.9. The highest BCUT2D eigenvalue weighted by molar-refractivity contribution is 5.95. The summed E-state index contributed by atoms with van der Waals surface area (Å²) in [5.74, 6) is -0.275. The molecule has 1 aromatic carbocycles. The molecule has 4 heteroatoms. The van der Waals surface area contributed by atoms with E-state index in [1.165, 1.54) is 19.2 Å². The Balaban J connectivity index is 2.16. The molecule has 2 rings (SSSR count). The Hall–Kier alpha value is -1.58. The lowest BCUT2D eigenvalue weighted by atomic mass is 10.1. The molecule has 0 unspecified atom stereocenters. The van der Waals surface area contributed by atoms with Crippen molar-refractivity contribution < 1.29 is 13.9 Å². The zero-order valence-corrected chi connectivity index (χ0v) is 11.5. The van der Waals surface area contributed by atoms with Gasteiger partial charge in [-0.05, 0) is 31.4 Å². The zero-order chi connectivity index (χ0) is 13.8. The number of amides is 1. The number of carbonyl (C=O) groups excluding carboxylic acids is 1. The highest BCUT2D eigenvalue weighted by atomic mass is 19.1. The molecule has 3 nitrogen and oxygen atoms in total. The number of halogens is 1. The van der Waals surface area contributed by atoms with E-state index in [-0.39, 0.29) is 11.5 Å². The van der Waals surface area contributed by atoms with Gasteiger partial charge in [-0.15, -0.1) is 0 Å². The molecule has 19 heavy (non-hydrogen) atoms. The molecule has 1 fully saturated rings. The van der Waals surface area contributed by atoms with E-state index in [4.69, 9.17) is 4.74 Å². The monoisotopic (exact) mass is 265 g/mol. The molecule has 1 saturated carbocycles. The Morgan fingerprint density at radius 2 is 2.21 bits per heavy atom. The third-order valence-corrected chi connectivity index (χ3v) is 3.41. The van der Waals surface area contributed by atoms with E-state index in [2.05, 4.69) is 6.92 Å². The number of carbonyl (C=O) groups is 1. The molecule has 1 aliphatic carbocycles. The van der Waals surface area contributed by atoms with Crippen LogP contribution in [-0.4, -0.2) is 30.5 Å². The number of nitrogens with zero attached hydrogens (tertiary/aromatic N) is 1. The predicted octanol–water partition coefficient (Wildman–Crippen LogP) is 3.24. The van der Waals surface area contributed by atoms with Gasteiger partial charge in [0.1, 0.15) is 11.6 Å². The van der Waals surface area contributed by atoms with Crippen molar-refractivity contribution in [3.63, 3.8) is 0 Å². The van der Waals surface area contributed by atoms with Crippen molar-refractivity contribution in [3.8, 4) is 5.75 Å². The summed E-state index contributed by atoms with van der Waals surface area (Å²) in [4.78, 5) is 14.2. The van der Waals surface area contributed by atoms with E-state index in [0.717, 1.165) is 25.7 Å². The average molecular weight is 265 g/mol. The summed E-state index contributed by atoms with van der Waals surface area (Å²) >= 11 is 0. The lowest BCUT2D eigenvalue weighted by Crippen LogP contribution is -2.34. The van der Waals surface area contributed by atoms with Gasteiger partial charge < -0.3 is 9.64 Å². The lowest BCUT2D eigenvalue weighted by molar-refractivity contribution is 0.0736. The molecule has 1 aliphatic rings. The molecular formula is C15H20FNO2. The molecule has 0 heterocycles. The van der Waals surface area contributed by atoms with Gasteiger partial charge in [0.05, 0.1) is 12.7 Å². The van der Waals surface area contributed by atoms with Crippen LogP contribution in [-0.2, 0) is 0 Å². The van der Waals surface area contributed by atoms with Crippen LogP contribution in [0.25, 0.3) is 0 Å². The van der Waals surface area contributed by atoms with E-state index in [0.29, 0.717) is 18.3 Å². The maximum atomic E-state index is 13.9. The fraction of sp³-hybridized carbons (Fsp3) is 0.533. The maximum Gasteiger partial charge on any atom is 0.257 e. The Morgan fingerprint density at radius 3 is 2.74 bits per heavy atom. The van der Waals surface area contributed by atoms with Crippen LogP contribution in [0.5, 0.6) is 5.75 Å². The molecule has 0 spiro atoms. The van der Waals surface area contributed by atoms with Crippen LogP contribution in [0.15, 0.2) is 18.2 Å². The standard InChI is InChI=1S/C15H20FNO2/c1-3-4-9-17(11-5-6-11)15(18)13-8-7-12(19-2)10-14(13)16/h7-8,10-11H,3-6,9H2,1-2H3. The molecule has 0 saturated heterocycles. The van der Waals surface area contributed by atoms with Gasteiger partial charge in [0.2, 0.25) is 0 Å². The smallest absolute Gasteiger partial charge is 0.257 e. The predicted molar refractivity (Wildman–Crippen MR) is 71.9 cm³/mol. The van der Waals surface area contributed by atoms with Crippen molar-refractivity contribution in [1.29, 1.82) is 0 Å². The van der Waals surface area contributed by atoms with Crippen LogP contribution in [0.3, 0.4) is 0 Å². The van der Waals surface area contributed by atoms with E-state index in [1.807, 2.05) is 4.90 Å². The Kier molecular flexibility index (Phi) is 4.40. The highest BCUT2D eigenvalue weighted by Crippen LogP contribution is 2.29. The van der Waals surface area contributed by atoms with Gasteiger partial charge in [-0.3, -0.25) is 4.79 Å². The number of methoxy groups -OCH3 is 1. The van der Waals surface area contributed by atoms with Crippen molar-refractivity contribution in [2.75, 3.05) is 13.7 Å². The molecule has 0 bridgehead atoms. The van der Waals surface area contributed by atoms with E-state index >= 15 is 0 Å². The summed E-state index contributed by atoms with van der Waals surface area (Å²) in [6.45, 7) is 2.80. The third-order valence-electron chi connectivity index (χ3n) is 3.41. The van der Waals surface area contributed by atoms with Crippen molar-refractivity contribution in [2.24, 2.45) is 0 Å². The largest absolute Gasteiger partial charge is 0.497 e. The fourth-order valence-electron chi connectivity index (χ4n) is 2.12. The highest BCUT2D eigenvalue weighted by Gasteiger charge is 2.33. The van der Waals surface area contributed by atoms with Crippen molar-refractivity contribution in [2.45, 2.75) is 38.6 Å². The number of ether oxygens (including phenoxy) is 1. The van der Waals surface area contributed by atoms with E-state index < -0.39 is 5.82 Å². The Morgan fingerprint density at radius 1 is 1.47 bits per heavy atom. The molecule has 0 atom stereocenters. The minimum absolute atomic E-state index is 0.142. The summed E-state index contributed by atoms with van der Waals surface area (Å²) in [6, 6.07) is 4.71. The van der Waals surface area contributed by atoms with E-state index in [1.54, 1.807) is 6.07 Å². The molecule has 1 aromatic rings. The Labute approximate surface area is 113 Å². The fourth-order valence-corrected chi connectivity index (χ4v) is 2.12. The van der Waals surface area contributed by atoms with Gasteiger partial charge in [0.15, 0.2) is 0 Å². The van der Waals surface area contributed by atoms with Gasteiger partial charge in [0.25, 0.3) is 5.91 Å². The molecule has 104 valence electrons. The van der Waals surface area contributed by atoms with Gasteiger partial charge in [0, 0.05) is 18.7 Å².